The van der Waals surface area contributed by atoms with Crippen molar-refractivity contribution < 1.29 is 17.9 Å². The number of hydrogen-bond acceptors (Lipinski definition) is 5. The Bertz CT molecular complexity index is 2460. The second-order valence-corrected chi connectivity index (χ2v) is 10.0. The molecule has 0 amide bonds. The number of alkyl halides is 3. The highest BCUT2D eigenvalue weighted by atomic mass is 19.4. The first-order valence-electron chi connectivity index (χ1n) is 13.3. The molecule has 3 aromatic carbocycles. The van der Waals surface area contributed by atoms with E-state index in [0.717, 1.165) is 12.1 Å². The van der Waals surface area contributed by atoms with Crippen molar-refractivity contribution in [2.45, 2.75) is 13.3 Å². The minimum atomic E-state index is -5.15. The molecule has 222 valence electrons. The molecule has 2 aliphatic carbocycles. The third kappa shape index (κ3) is 4.94. The van der Waals surface area contributed by atoms with E-state index in [1.807, 2.05) is 6.07 Å². The molecule has 0 atom stereocenters. The first kappa shape index (κ1) is 31.6. The van der Waals surface area contributed by atoms with Crippen LogP contribution >= 0.6 is 0 Å². The molecule has 9 nitrogen and oxygen atoms in total. The first-order chi connectivity index (χ1) is 23.0. The van der Waals surface area contributed by atoms with Crippen molar-refractivity contribution in [1.29, 1.82) is 21.0 Å². The summed E-state index contributed by atoms with van der Waals surface area (Å²) in [5, 5.41) is 39.4. The summed E-state index contributed by atoms with van der Waals surface area (Å²) in [7, 11) is 0. The molecule has 0 radical (unpaired) electrons. The molecule has 0 aliphatic heterocycles. The lowest BCUT2D eigenvalue weighted by Gasteiger charge is -2.14. The normalized spacial score (nSPS) is 14.8. The van der Waals surface area contributed by atoms with E-state index >= 15 is 0 Å². The molecule has 0 heterocycles. The maximum Gasteiger partial charge on any atom is 0.573 e. The van der Waals surface area contributed by atoms with Crippen molar-refractivity contribution in [2.24, 2.45) is 0 Å². The summed E-state index contributed by atoms with van der Waals surface area (Å²) < 4.78 is 43.5. The van der Waals surface area contributed by atoms with E-state index in [-0.39, 0.29) is 61.6 Å². The quantitative estimate of drug-likeness (QED) is 0.212. The second-order valence-electron chi connectivity index (χ2n) is 10.0. The Morgan fingerprint density at radius 1 is 0.708 bits per heavy atom. The van der Waals surface area contributed by atoms with Crippen LogP contribution in [0.2, 0.25) is 0 Å². The summed E-state index contributed by atoms with van der Waals surface area (Å²) in [5.74, 6) is -0.858. The van der Waals surface area contributed by atoms with Crippen molar-refractivity contribution in [3.8, 4) is 30.0 Å². The van der Waals surface area contributed by atoms with Crippen molar-refractivity contribution >= 4 is 39.2 Å². The first-order valence-corrected chi connectivity index (χ1v) is 13.3. The SMILES string of the molecule is [C-]#[N+]C1=C(c2ccc(C3=C(C#N)c4cc(C)c([N+]#[C-])cc4/C3=C(/C#N)[N+]#[C-])cc2)/C(=C(/C#N)[N+]#[C-])c2cc(C#N)c(OC(F)(F)F)cc21. The van der Waals surface area contributed by atoms with Crippen LogP contribution in [0.4, 0.5) is 18.9 Å². The molecule has 3 aromatic rings. The van der Waals surface area contributed by atoms with E-state index in [0.29, 0.717) is 22.3 Å². The molecule has 12 heteroatoms. The van der Waals surface area contributed by atoms with Crippen molar-refractivity contribution in [3.63, 3.8) is 0 Å². The Morgan fingerprint density at radius 3 is 1.75 bits per heavy atom. The van der Waals surface area contributed by atoms with Gasteiger partial charge in [-0.25, -0.2) is 29.9 Å². The Balaban J connectivity index is 1.77. The minimum absolute atomic E-state index is 0.0198. The van der Waals surface area contributed by atoms with Gasteiger partial charge in [-0.3, -0.25) is 0 Å². The van der Waals surface area contributed by atoms with E-state index in [2.05, 4.69) is 30.2 Å². The lowest BCUT2D eigenvalue weighted by Crippen LogP contribution is -2.18. The molecule has 0 aromatic heterocycles. The maximum atomic E-state index is 13.2. The van der Waals surface area contributed by atoms with Gasteiger partial charge in [0.1, 0.15) is 17.9 Å². The van der Waals surface area contributed by atoms with Gasteiger partial charge in [0.2, 0.25) is 5.70 Å². The average molecular weight is 629 g/mol. The molecule has 0 spiro atoms. The lowest BCUT2D eigenvalue weighted by atomic mass is 9.91. The van der Waals surface area contributed by atoms with Crippen LogP contribution in [-0.4, -0.2) is 6.36 Å². The number of hydrogen-bond donors (Lipinski definition) is 0. The maximum absolute atomic E-state index is 13.2. The fourth-order valence-electron chi connectivity index (χ4n) is 5.66. The van der Waals surface area contributed by atoms with E-state index < -0.39 is 23.4 Å². The highest BCUT2D eigenvalue weighted by molar-refractivity contribution is 6.27. The molecule has 48 heavy (non-hydrogen) atoms. The van der Waals surface area contributed by atoms with Crippen molar-refractivity contribution in [3.05, 3.63) is 150 Å². The number of halogens is 3. The smallest absolute Gasteiger partial charge is 0.404 e. The van der Waals surface area contributed by atoms with Gasteiger partial charge in [-0.15, -0.1) is 13.2 Å². The fourth-order valence-corrected chi connectivity index (χ4v) is 5.66. The average Bonchev–Trinajstić information content (AvgIpc) is 3.55. The summed E-state index contributed by atoms with van der Waals surface area (Å²) in [6.45, 7) is 32.3. The predicted octanol–water partition coefficient (Wildman–Crippen LogP) is 8.87. The molecule has 0 fully saturated rings. The lowest BCUT2D eigenvalue weighted by molar-refractivity contribution is -0.274. The number of nitriles is 4. The highest BCUT2D eigenvalue weighted by Gasteiger charge is 2.37. The van der Waals surface area contributed by atoms with Gasteiger partial charge in [-0.05, 0) is 80.8 Å². The molecule has 5 rings (SSSR count). The number of rotatable bonds is 3. The van der Waals surface area contributed by atoms with Gasteiger partial charge in [0.05, 0.1) is 49.6 Å². The summed E-state index contributed by atoms with van der Waals surface area (Å²) in [4.78, 5) is 13.7. The zero-order valence-corrected chi connectivity index (χ0v) is 24.2. The van der Waals surface area contributed by atoms with E-state index in [1.54, 1.807) is 25.1 Å². The molecular weight excluding hydrogens is 617 g/mol. The third-order valence-electron chi connectivity index (χ3n) is 7.57. The minimum Gasteiger partial charge on any atom is -0.404 e. The molecular formula is C36H11F3N8O. The topological polar surface area (TPSA) is 122 Å². The second kappa shape index (κ2) is 11.9. The summed E-state index contributed by atoms with van der Waals surface area (Å²) in [6.07, 6.45) is -5.15. The molecule has 0 saturated heterocycles. The highest BCUT2D eigenvalue weighted by Crippen LogP contribution is 2.52. The van der Waals surface area contributed by atoms with Crippen LogP contribution in [0.5, 0.6) is 5.75 Å². The van der Waals surface area contributed by atoms with Gasteiger partial charge in [-0.1, -0.05) is 30.3 Å². The van der Waals surface area contributed by atoms with Gasteiger partial charge in [0.15, 0.2) is 5.69 Å². The van der Waals surface area contributed by atoms with Gasteiger partial charge in [-0.2, -0.15) is 10.5 Å². The Hall–Kier alpha value is -7.87. The van der Waals surface area contributed by atoms with Gasteiger partial charge in [0.25, 0.3) is 11.4 Å². The summed E-state index contributed by atoms with van der Waals surface area (Å²) in [5.41, 5.74) is 1.27. The van der Waals surface area contributed by atoms with Crippen LogP contribution in [0.3, 0.4) is 0 Å². The van der Waals surface area contributed by atoms with Crippen LogP contribution in [-0.2, 0) is 0 Å². The Labute approximate surface area is 271 Å². The van der Waals surface area contributed by atoms with Crippen LogP contribution in [0.15, 0.2) is 59.9 Å². The number of benzene rings is 3. The third-order valence-corrected chi connectivity index (χ3v) is 7.57. The predicted molar refractivity (Wildman–Crippen MR) is 166 cm³/mol. The monoisotopic (exact) mass is 628 g/mol. The Morgan fingerprint density at radius 2 is 1.27 bits per heavy atom. The molecule has 0 bridgehead atoms. The number of fused-ring (bicyclic) bond motifs is 2. The Kier molecular flexibility index (Phi) is 7.83. The van der Waals surface area contributed by atoms with E-state index in [1.165, 1.54) is 30.3 Å². The zero-order chi connectivity index (χ0) is 34.9. The van der Waals surface area contributed by atoms with Gasteiger partial charge < -0.3 is 4.74 Å². The fraction of sp³-hybridized carbons (Fsp3) is 0.0556. The molecule has 0 saturated carbocycles. The van der Waals surface area contributed by atoms with Crippen LogP contribution < -0.4 is 4.74 Å². The van der Waals surface area contributed by atoms with Crippen molar-refractivity contribution in [2.75, 3.05) is 0 Å². The molecule has 0 unspecified atom stereocenters. The van der Waals surface area contributed by atoms with E-state index in [9.17, 15) is 34.2 Å². The molecule has 0 N–H and O–H groups in total. The van der Waals surface area contributed by atoms with Crippen LogP contribution in [0.25, 0.3) is 52.9 Å². The summed E-state index contributed by atoms with van der Waals surface area (Å²) >= 11 is 0. The van der Waals surface area contributed by atoms with Crippen LogP contribution in [0.1, 0.15) is 44.5 Å². The number of nitrogens with zero attached hydrogens (tertiary/aromatic N) is 8. The summed E-state index contributed by atoms with van der Waals surface area (Å²) in [6, 6.07) is 18.5. The van der Waals surface area contributed by atoms with Gasteiger partial charge >= 0.3 is 6.36 Å². The number of ether oxygens (including phenoxy) is 1. The number of allylic oxidation sites excluding steroid dienone is 7. The van der Waals surface area contributed by atoms with Crippen LogP contribution in [0, 0.1) is 78.5 Å². The largest absolute Gasteiger partial charge is 0.573 e. The van der Waals surface area contributed by atoms with E-state index in [4.69, 9.17) is 26.3 Å². The number of aryl methyl sites for hydroxylation is 1. The van der Waals surface area contributed by atoms with Crippen molar-refractivity contribution in [1.82, 2.24) is 0 Å². The van der Waals surface area contributed by atoms with Gasteiger partial charge in [0, 0.05) is 5.57 Å². The zero-order valence-electron chi connectivity index (χ0n) is 24.2. The standard InChI is InChI=1S/C36H11F3N8O/c1-18-10-22-24(12-27(18)44-2)33(28(16-42)45-3)31(26(22)15-41)19-6-8-20(9-7-19)32-34(29(17-43)46-4)23-11-21(14-40)30(48-36(37,38)39)13-25(23)35(32)47-5/h6-13H,1H3/b33-28+,34-29-. The molecule has 2 aliphatic rings.